The minimum absolute atomic E-state index is 0.0794. The van der Waals surface area contributed by atoms with E-state index in [9.17, 15) is 4.79 Å². The van der Waals surface area contributed by atoms with Gasteiger partial charge in [0.25, 0.3) is 11.8 Å². The van der Waals surface area contributed by atoms with Crippen molar-refractivity contribution in [3.8, 4) is 22.8 Å². The van der Waals surface area contributed by atoms with E-state index < -0.39 is 0 Å². The van der Waals surface area contributed by atoms with E-state index in [0.717, 1.165) is 5.56 Å². The van der Waals surface area contributed by atoms with Gasteiger partial charge in [-0.05, 0) is 42.5 Å². The molecule has 0 spiro atoms. The summed E-state index contributed by atoms with van der Waals surface area (Å²) in [7, 11) is 3.42. The van der Waals surface area contributed by atoms with E-state index >= 15 is 0 Å². The van der Waals surface area contributed by atoms with Crippen LogP contribution in [0.25, 0.3) is 22.8 Å². The number of rotatable bonds is 3. The first-order chi connectivity index (χ1) is 11.0. The molecule has 1 heterocycles. The average Bonchev–Trinajstić information content (AvgIpc) is 3.05. The van der Waals surface area contributed by atoms with Crippen molar-refractivity contribution in [2.24, 2.45) is 0 Å². The van der Waals surface area contributed by atoms with Crippen LogP contribution in [0.15, 0.2) is 53.1 Å². The fourth-order valence-corrected chi connectivity index (χ4v) is 2.23. The van der Waals surface area contributed by atoms with Gasteiger partial charge in [0.1, 0.15) is 0 Å². The lowest BCUT2D eigenvalue weighted by molar-refractivity contribution is 0.0827. The Kier molecular flexibility index (Phi) is 4.12. The zero-order valence-electron chi connectivity index (χ0n) is 12.7. The summed E-state index contributed by atoms with van der Waals surface area (Å²) in [5.41, 5.74) is 2.08. The van der Waals surface area contributed by atoms with Crippen molar-refractivity contribution in [3.63, 3.8) is 0 Å². The molecule has 2 aromatic carbocycles. The molecule has 0 aliphatic heterocycles. The second-order valence-corrected chi connectivity index (χ2v) is 5.65. The molecule has 0 saturated carbocycles. The van der Waals surface area contributed by atoms with E-state index in [4.69, 9.17) is 16.1 Å². The monoisotopic (exact) mass is 327 g/mol. The Labute approximate surface area is 138 Å². The summed E-state index contributed by atoms with van der Waals surface area (Å²) in [5.74, 6) is 0.758. The predicted octanol–water partition coefficient (Wildman–Crippen LogP) is 3.76. The van der Waals surface area contributed by atoms with Crippen molar-refractivity contribution in [1.82, 2.24) is 15.0 Å². The van der Waals surface area contributed by atoms with Gasteiger partial charge in [-0.15, -0.1) is 0 Å². The van der Waals surface area contributed by atoms with Gasteiger partial charge in [-0.25, -0.2) is 0 Å². The van der Waals surface area contributed by atoms with Crippen LogP contribution in [0.5, 0.6) is 0 Å². The van der Waals surface area contributed by atoms with Crippen LogP contribution in [0.1, 0.15) is 10.4 Å². The minimum atomic E-state index is -0.0794. The molecule has 6 heteroatoms. The molecular weight excluding hydrogens is 314 g/mol. The number of halogens is 1. The summed E-state index contributed by atoms with van der Waals surface area (Å²) in [6.07, 6.45) is 0. The van der Waals surface area contributed by atoms with Crippen LogP contribution < -0.4 is 0 Å². The SMILES string of the molecule is CN(C)C(=O)c1cccc(-c2nc(-c3ccc(Cl)cc3)no2)c1. The highest BCUT2D eigenvalue weighted by Crippen LogP contribution is 2.24. The molecule has 0 radical (unpaired) electrons. The number of amides is 1. The largest absolute Gasteiger partial charge is 0.345 e. The van der Waals surface area contributed by atoms with Crippen molar-refractivity contribution in [2.45, 2.75) is 0 Å². The molecule has 5 nitrogen and oxygen atoms in total. The van der Waals surface area contributed by atoms with E-state index in [1.165, 1.54) is 4.90 Å². The van der Waals surface area contributed by atoms with Gasteiger partial charge in [-0.3, -0.25) is 4.79 Å². The smallest absolute Gasteiger partial charge is 0.258 e. The summed E-state index contributed by atoms with van der Waals surface area (Å²) in [6, 6.07) is 14.3. The van der Waals surface area contributed by atoms with Gasteiger partial charge in [0.05, 0.1) is 0 Å². The van der Waals surface area contributed by atoms with Crippen molar-refractivity contribution in [1.29, 1.82) is 0 Å². The lowest BCUT2D eigenvalue weighted by Gasteiger charge is -2.10. The maximum atomic E-state index is 12.0. The van der Waals surface area contributed by atoms with Crippen molar-refractivity contribution in [2.75, 3.05) is 14.1 Å². The third-order valence-corrected chi connectivity index (χ3v) is 3.54. The third-order valence-electron chi connectivity index (χ3n) is 3.29. The van der Waals surface area contributed by atoms with Crippen LogP contribution in [-0.2, 0) is 0 Å². The summed E-state index contributed by atoms with van der Waals surface area (Å²) < 4.78 is 5.31. The molecule has 3 rings (SSSR count). The highest BCUT2D eigenvalue weighted by atomic mass is 35.5. The molecule has 0 N–H and O–H groups in total. The fourth-order valence-electron chi connectivity index (χ4n) is 2.10. The highest BCUT2D eigenvalue weighted by Gasteiger charge is 2.13. The Morgan fingerprint density at radius 3 is 2.52 bits per heavy atom. The number of aromatic nitrogens is 2. The van der Waals surface area contributed by atoms with Gasteiger partial charge < -0.3 is 9.42 Å². The van der Waals surface area contributed by atoms with Crippen LogP contribution >= 0.6 is 11.6 Å². The molecule has 0 saturated heterocycles. The normalized spacial score (nSPS) is 10.6. The van der Waals surface area contributed by atoms with Gasteiger partial charge in [0, 0.05) is 35.8 Å². The van der Waals surface area contributed by atoms with E-state index in [-0.39, 0.29) is 5.91 Å². The van der Waals surface area contributed by atoms with E-state index in [1.807, 2.05) is 18.2 Å². The molecule has 0 bridgehead atoms. The van der Waals surface area contributed by atoms with E-state index in [2.05, 4.69) is 10.1 Å². The summed E-state index contributed by atoms with van der Waals surface area (Å²) in [5, 5.41) is 4.62. The predicted molar refractivity (Wildman–Crippen MR) is 88.2 cm³/mol. The van der Waals surface area contributed by atoms with Crippen LogP contribution in [0, 0.1) is 0 Å². The molecular formula is C17H14ClN3O2. The Balaban J connectivity index is 1.93. The highest BCUT2D eigenvalue weighted by molar-refractivity contribution is 6.30. The van der Waals surface area contributed by atoms with E-state index in [0.29, 0.717) is 27.9 Å². The van der Waals surface area contributed by atoms with Gasteiger partial charge in [-0.2, -0.15) is 4.98 Å². The second-order valence-electron chi connectivity index (χ2n) is 5.21. The topological polar surface area (TPSA) is 59.2 Å². The number of benzene rings is 2. The van der Waals surface area contributed by atoms with Crippen LogP contribution in [0.2, 0.25) is 5.02 Å². The summed E-state index contributed by atoms with van der Waals surface area (Å²) in [6.45, 7) is 0. The number of nitrogens with zero attached hydrogens (tertiary/aromatic N) is 3. The molecule has 0 atom stereocenters. The number of carbonyl (C=O) groups excluding carboxylic acids is 1. The number of carbonyl (C=O) groups is 1. The number of hydrogen-bond donors (Lipinski definition) is 0. The van der Waals surface area contributed by atoms with Crippen molar-refractivity contribution >= 4 is 17.5 Å². The molecule has 0 aliphatic rings. The summed E-state index contributed by atoms with van der Waals surface area (Å²) in [4.78, 5) is 17.9. The summed E-state index contributed by atoms with van der Waals surface area (Å²) >= 11 is 5.87. The Morgan fingerprint density at radius 2 is 1.83 bits per heavy atom. The van der Waals surface area contributed by atoms with Crippen molar-refractivity contribution < 1.29 is 9.32 Å². The maximum Gasteiger partial charge on any atom is 0.258 e. The molecule has 0 aliphatic carbocycles. The third kappa shape index (κ3) is 3.24. The molecule has 116 valence electrons. The van der Waals surface area contributed by atoms with Gasteiger partial charge >= 0.3 is 0 Å². The Morgan fingerprint density at radius 1 is 1.09 bits per heavy atom. The molecule has 0 unspecified atom stereocenters. The van der Waals surface area contributed by atoms with Crippen molar-refractivity contribution in [3.05, 3.63) is 59.1 Å². The van der Waals surface area contributed by atoms with Gasteiger partial charge in [0.2, 0.25) is 5.82 Å². The molecule has 3 aromatic rings. The standard InChI is InChI=1S/C17H14ClN3O2/c1-21(2)17(22)13-5-3-4-12(10-13)16-19-15(20-23-16)11-6-8-14(18)9-7-11/h3-10H,1-2H3. The molecule has 1 aromatic heterocycles. The van der Waals surface area contributed by atoms with Gasteiger partial charge in [0.15, 0.2) is 0 Å². The number of hydrogen-bond acceptors (Lipinski definition) is 4. The van der Waals surface area contributed by atoms with Gasteiger partial charge in [-0.1, -0.05) is 22.8 Å². The first-order valence-corrected chi connectivity index (χ1v) is 7.34. The van der Waals surface area contributed by atoms with Crippen LogP contribution in [0.3, 0.4) is 0 Å². The first kappa shape index (κ1) is 15.2. The first-order valence-electron chi connectivity index (χ1n) is 6.96. The molecule has 0 fully saturated rings. The lowest BCUT2D eigenvalue weighted by Crippen LogP contribution is -2.21. The second kappa shape index (κ2) is 6.22. The molecule has 1 amide bonds. The molecule has 23 heavy (non-hydrogen) atoms. The Hall–Kier alpha value is -2.66. The van der Waals surface area contributed by atoms with Crippen LogP contribution in [0.4, 0.5) is 0 Å². The zero-order chi connectivity index (χ0) is 16.4. The maximum absolute atomic E-state index is 12.0. The lowest BCUT2D eigenvalue weighted by atomic mass is 10.1. The average molecular weight is 328 g/mol. The zero-order valence-corrected chi connectivity index (χ0v) is 13.4. The quantitative estimate of drug-likeness (QED) is 0.735. The van der Waals surface area contributed by atoms with E-state index in [1.54, 1.807) is 44.4 Å². The Bertz CT molecular complexity index is 841. The van der Waals surface area contributed by atoms with Crippen LogP contribution in [-0.4, -0.2) is 35.0 Å². The minimum Gasteiger partial charge on any atom is -0.345 e. The fraction of sp³-hybridized carbons (Fsp3) is 0.118.